The summed E-state index contributed by atoms with van der Waals surface area (Å²) in [6.45, 7) is 4.78. The van der Waals surface area contributed by atoms with E-state index < -0.39 is 0 Å². The third-order valence-electron chi connectivity index (χ3n) is 6.60. The number of aromatic nitrogens is 6. The molecule has 0 aliphatic carbocycles. The monoisotopic (exact) mass is 467 g/mol. The molecule has 1 aliphatic rings. The van der Waals surface area contributed by atoms with Gasteiger partial charge >= 0.3 is 0 Å². The fourth-order valence-electron chi connectivity index (χ4n) is 4.75. The summed E-state index contributed by atoms with van der Waals surface area (Å²) in [5, 5.41) is 8.81. The Kier molecular flexibility index (Phi) is 5.43. The van der Waals surface area contributed by atoms with Gasteiger partial charge in [-0.05, 0) is 56.5 Å². The average Bonchev–Trinajstić information content (AvgIpc) is 3.48. The Morgan fingerprint density at radius 2 is 1.83 bits per heavy atom. The maximum absolute atomic E-state index is 4.97. The van der Waals surface area contributed by atoms with Gasteiger partial charge in [0, 0.05) is 62.3 Å². The Morgan fingerprint density at radius 1 is 0.971 bits per heavy atom. The van der Waals surface area contributed by atoms with Gasteiger partial charge in [-0.25, -0.2) is 9.97 Å². The number of pyridine rings is 2. The lowest BCUT2D eigenvalue weighted by Crippen LogP contribution is -2.44. The van der Waals surface area contributed by atoms with Crippen molar-refractivity contribution in [1.29, 1.82) is 0 Å². The molecule has 0 atom stereocenters. The van der Waals surface area contributed by atoms with Gasteiger partial charge in [-0.15, -0.1) is 0 Å². The summed E-state index contributed by atoms with van der Waals surface area (Å²) < 4.78 is 0. The number of piperazine rings is 1. The third kappa shape index (κ3) is 4.13. The van der Waals surface area contributed by atoms with Crippen LogP contribution in [0.1, 0.15) is 5.56 Å². The summed E-state index contributed by atoms with van der Waals surface area (Å²) in [5.74, 6) is 1.67. The number of benzene rings is 1. The van der Waals surface area contributed by atoms with Crippen LogP contribution in [0.5, 0.6) is 0 Å². The van der Waals surface area contributed by atoms with Crippen LogP contribution in [0.25, 0.3) is 44.6 Å². The summed E-state index contributed by atoms with van der Waals surface area (Å²) in [7, 11) is 6.28. The summed E-state index contributed by atoms with van der Waals surface area (Å²) >= 11 is 0. The zero-order valence-corrected chi connectivity index (χ0v) is 20.3. The van der Waals surface area contributed by atoms with Crippen molar-refractivity contribution in [3.05, 3.63) is 54.5 Å². The molecule has 0 radical (unpaired) electrons. The van der Waals surface area contributed by atoms with Crippen LogP contribution < -0.4 is 4.90 Å². The van der Waals surface area contributed by atoms with E-state index >= 15 is 0 Å². The molecule has 5 aromatic rings. The van der Waals surface area contributed by atoms with E-state index in [1.807, 2.05) is 24.7 Å². The molecular weight excluding hydrogens is 438 g/mol. The number of anilines is 1. The van der Waals surface area contributed by atoms with Crippen LogP contribution in [0.3, 0.4) is 0 Å². The van der Waals surface area contributed by atoms with Crippen molar-refractivity contribution in [1.82, 2.24) is 39.9 Å². The molecule has 178 valence electrons. The van der Waals surface area contributed by atoms with Crippen molar-refractivity contribution < 1.29 is 0 Å². The molecule has 2 N–H and O–H groups in total. The minimum absolute atomic E-state index is 0.742. The predicted octanol–water partition coefficient (Wildman–Crippen LogP) is 3.38. The van der Waals surface area contributed by atoms with Crippen LogP contribution in [0.2, 0.25) is 0 Å². The number of hydrogen-bond donors (Lipinski definition) is 2. The molecule has 9 nitrogen and oxygen atoms in total. The second-order valence-electron chi connectivity index (χ2n) is 9.56. The van der Waals surface area contributed by atoms with E-state index in [1.54, 1.807) is 0 Å². The van der Waals surface area contributed by atoms with Crippen molar-refractivity contribution in [3.8, 4) is 22.6 Å². The standard InChI is InChI=1S/C26H29N9/c1-33(2)16-17-12-19(15-27-14-17)18-4-5-21-20(13-18)23(32-31-21)25-29-22-6-7-28-26(24(22)30-25)35-10-8-34(3)9-11-35/h4-7,12-15H,8-11,16H2,1-3H3,(H,29,30)(H,31,32). The molecule has 0 unspecified atom stereocenters. The molecule has 1 aromatic carbocycles. The Hall–Kier alpha value is -3.82. The zero-order valence-electron chi connectivity index (χ0n) is 20.3. The van der Waals surface area contributed by atoms with Gasteiger partial charge in [0.1, 0.15) is 11.2 Å². The maximum Gasteiger partial charge on any atom is 0.159 e. The highest BCUT2D eigenvalue weighted by Crippen LogP contribution is 2.32. The maximum atomic E-state index is 4.97. The Labute approximate surface area is 203 Å². The minimum atomic E-state index is 0.742. The predicted molar refractivity (Wildman–Crippen MR) is 139 cm³/mol. The van der Waals surface area contributed by atoms with Crippen molar-refractivity contribution in [2.45, 2.75) is 6.54 Å². The van der Waals surface area contributed by atoms with E-state index in [4.69, 9.17) is 4.98 Å². The van der Waals surface area contributed by atoms with Gasteiger partial charge in [-0.2, -0.15) is 5.10 Å². The van der Waals surface area contributed by atoms with Gasteiger partial charge in [0.15, 0.2) is 11.6 Å². The van der Waals surface area contributed by atoms with Gasteiger partial charge in [0.25, 0.3) is 0 Å². The number of hydrogen-bond acceptors (Lipinski definition) is 7. The van der Waals surface area contributed by atoms with Crippen LogP contribution in [0, 0.1) is 0 Å². The molecule has 0 amide bonds. The van der Waals surface area contributed by atoms with E-state index in [0.717, 1.165) is 83.1 Å². The van der Waals surface area contributed by atoms with E-state index in [1.165, 1.54) is 5.56 Å². The number of fused-ring (bicyclic) bond motifs is 2. The van der Waals surface area contributed by atoms with E-state index in [-0.39, 0.29) is 0 Å². The highest BCUT2D eigenvalue weighted by molar-refractivity contribution is 5.97. The van der Waals surface area contributed by atoms with E-state index in [9.17, 15) is 0 Å². The second kappa shape index (κ2) is 8.75. The molecule has 0 spiro atoms. The SMILES string of the molecule is CN(C)Cc1cncc(-c2ccc3[nH]nc(-c4nc5c(N6CCN(C)CC6)nccc5[nH]4)c3c2)c1. The first-order chi connectivity index (χ1) is 17.0. The molecule has 5 heterocycles. The summed E-state index contributed by atoms with van der Waals surface area (Å²) in [6, 6.07) is 10.5. The first kappa shape index (κ1) is 21.7. The first-order valence-corrected chi connectivity index (χ1v) is 11.9. The van der Waals surface area contributed by atoms with E-state index in [0.29, 0.717) is 0 Å². The van der Waals surface area contributed by atoms with Crippen LogP contribution in [0.4, 0.5) is 5.82 Å². The van der Waals surface area contributed by atoms with Crippen molar-refractivity contribution >= 4 is 27.8 Å². The topological polar surface area (TPSA) is 92.9 Å². The lowest BCUT2D eigenvalue weighted by Gasteiger charge is -2.33. The molecule has 1 saturated heterocycles. The lowest BCUT2D eigenvalue weighted by molar-refractivity contribution is 0.312. The molecule has 1 fully saturated rings. The molecule has 6 rings (SSSR count). The quantitative estimate of drug-likeness (QED) is 0.409. The number of nitrogens with one attached hydrogen (secondary N) is 2. The summed E-state index contributed by atoms with van der Waals surface area (Å²) in [4.78, 5) is 24.4. The number of likely N-dealkylation sites (N-methyl/N-ethyl adjacent to an activating group) is 1. The fourth-order valence-corrected chi connectivity index (χ4v) is 4.75. The number of imidazole rings is 1. The third-order valence-corrected chi connectivity index (χ3v) is 6.60. The minimum Gasteiger partial charge on any atom is -0.352 e. The highest BCUT2D eigenvalue weighted by Gasteiger charge is 2.21. The number of rotatable bonds is 5. The molecule has 1 aliphatic heterocycles. The second-order valence-corrected chi connectivity index (χ2v) is 9.56. The Morgan fingerprint density at radius 3 is 2.66 bits per heavy atom. The molecular formula is C26H29N9. The van der Waals surface area contributed by atoms with Crippen molar-refractivity contribution in [3.63, 3.8) is 0 Å². The number of nitrogens with zero attached hydrogens (tertiary/aromatic N) is 7. The van der Waals surface area contributed by atoms with E-state index in [2.05, 4.69) is 85.3 Å². The zero-order chi connectivity index (χ0) is 23.9. The first-order valence-electron chi connectivity index (χ1n) is 11.9. The van der Waals surface area contributed by atoms with Gasteiger partial charge in [0.2, 0.25) is 0 Å². The largest absolute Gasteiger partial charge is 0.352 e. The average molecular weight is 468 g/mol. The molecule has 35 heavy (non-hydrogen) atoms. The number of aromatic amines is 2. The van der Waals surface area contributed by atoms with Crippen LogP contribution in [0.15, 0.2) is 48.9 Å². The smallest absolute Gasteiger partial charge is 0.159 e. The normalized spacial score (nSPS) is 15.0. The summed E-state index contributed by atoms with van der Waals surface area (Å²) in [5.41, 5.74) is 7.01. The van der Waals surface area contributed by atoms with Gasteiger partial charge < -0.3 is 19.7 Å². The lowest BCUT2D eigenvalue weighted by atomic mass is 10.0. The van der Waals surface area contributed by atoms with Crippen molar-refractivity contribution in [2.75, 3.05) is 52.2 Å². The molecule has 0 saturated carbocycles. The van der Waals surface area contributed by atoms with Crippen LogP contribution in [-0.4, -0.2) is 87.3 Å². The van der Waals surface area contributed by atoms with Gasteiger partial charge in [0.05, 0.1) is 11.0 Å². The Balaban J connectivity index is 1.39. The van der Waals surface area contributed by atoms with Gasteiger partial charge in [-0.1, -0.05) is 6.07 Å². The van der Waals surface area contributed by atoms with Crippen LogP contribution in [-0.2, 0) is 6.54 Å². The summed E-state index contributed by atoms with van der Waals surface area (Å²) in [6.07, 6.45) is 5.69. The fraction of sp³-hybridized carbons (Fsp3) is 0.308. The van der Waals surface area contributed by atoms with Gasteiger partial charge in [-0.3, -0.25) is 10.1 Å². The number of H-pyrrole nitrogens is 2. The van der Waals surface area contributed by atoms with Crippen LogP contribution >= 0.6 is 0 Å². The highest BCUT2D eigenvalue weighted by atomic mass is 15.3. The molecule has 0 bridgehead atoms. The molecule has 9 heteroatoms. The molecule has 4 aromatic heterocycles. The van der Waals surface area contributed by atoms with Crippen molar-refractivity contribution in [2.24, 2.45) is 0 Å². The Bertz CT molecular complexity index is 1490.